The lowest BCUT2D eigenvalue weighted by atomic mass is 10.1. The molecule has 0 spiro atoms. The van der Waals surface area contributed by atoms with Crippen LogP contribution in [0.4, 0.5) is 0 Å². The van der Waals surface area contributed by atoms with Crippen molar-refractivity contribution in [1.29, 1.82) is 0 Å². The van der Waals surface area contributed by atoms with Crippen LogP contribution in [0.1, 0.15) is 18.0 Å². The van der Waals surface area contributed by atoms with Crippen molar-refractivity contribution in [2.75, 3.05) is 33.2 Å². The Kier molecular flexibility index (Phi) is 4.28. The first kappa shape index (κ1) is 13.0. The highest BCUT2D eigenvalue weighted by Gasteiger charge is 2.25. The first-order chi connectivity index (χ1) is 8.72. The largest absolute Gasteiger partial charge is 0.345 e. The third-order valence-electron chi connectivity index (χ3n) is 3.44. The Morgan fingerprint density at radius 3 is 3.00 bits per heavy atom. The van der Waals surface area contributed by atoms with E-state index in [1.54, 1.807) is 11.1 Å². The highest BCUT2D eigenvalue weighted by molar-refractivity contribution is 5.78. The fourth-order valence-electron chi connectivity index (χ4n) is 2.34. The van der Waals surface area contributed by atoms with Crippen molar-refractivity contribution in [3.63, 3.8) is 0 Å². The zero-order valence-electron chi connectivity index (χ0n) is 10.7. The molecule has 18 heavy (non-hydrogen) atoms. The van der Waals surface area contributed by atoms with Crippen LogP contribution in [0.25, 0.3) is 0 Å². The summed E-state index contributed by atoms with van der Waals surface area (Å²) in [4.78, 5) is 20.0. The predicted molar refractivity (Wildman–Crippen MR) is 69.9 cm³/mol. The van der Waals surface area contributed by atoms with Gasteiger partial charge in [0.15, 0.2) is 0 Å². The van der Waals surface area contributed by atoms with Crippen LogP contribution in [0, 0.1) is 0 Å². The fraction of sp³-hybridized carbons (Fsp3) is 0.538. The quantitative estimate of drug-likeness (QED) is 0.832. The van der Waals surface area contributed by atoms with Crippen LogP contribution < -0.4 is 5.73 Å². The molecule has 2 N–H and O–H groups in total. The minimum atomic E-state index is 0.0779. The van der Waals surface area contributed by atoms with Crippen molar-refractivity contribution >= 4 is 5.91 Å². The van der Waals surface area contributed by atoms with Gasteiger partial charge < -0.3 is 10.6 Å². The summed E-state index contributed by atoms with van der Waals surface area (Å²) >= 11 is 0. The highest BCUT2D eigenvalue weighted by Crippen LogP contribution is 2.20. The van der Waals surface area contributed by atoms with Crippen molar-refractivity contribution in [1.82, 2.24) is 14.8 Å². The second-order valence-corrected chi connectivity index (χ2v) is 4.68. The van der Waals surface area contributed by atoms with Gasteiger partial charge in [0.05, 0.1) is 6.54 Å². The smallest absolute Gasteiger partial charge is 0.236 e. The molecule has 1 saturated heterocycles. The lowest BCUT2D eigenvalue weighted by molar-refractivity contribution is -0.130. The first-order valence-electron chi connectivity index (χ1n) is 6.30. The summed E-state index contributed by atoms with van der Waals surface area (Å²) in [5, 5.41) is 0. The van der Waals surface area contributed by atoms with E-state index in [-0.39, 0.29) is 11.9 Å². The Hall–Kier alpha value is -1.46. The number of hydrogen-bond acceptors (Lipinski definition) is 4. The maximum absolute atomic E-state index is 11.9. The summed E-state index contributed by atoms with van der Waals surface area (Å²) in [6.07, 6.45) is 4.56. The van der Waals surface area contributed by atoms with E-state index >= 15 is 0 Å². The number of rotatable bonds is 3. The normalized spacial score (nSPS) is 19.7. The monoisotopic (exact) mass is 248 g/mol. The number of likely N-dealkylation sites (N-methyl/N-ethyl adjacent to an activating group) is 1. The minimum Gasteiger partial charge on any atom is -0.345 e. The second-order valence-electron chi connectivity index (χ2n) is 4.68. The molecule has 1 aliphatic rings. The molecule has 5 heteroatoms. The molecule has 1 atom stereocenters. The zero-order chi connectivity index (χ0) is 13.0. The minimum absolute atomic E-state index is 0.0779. The molecule has 5 nitrogen and oxygen atoms in total. The summed E-state index contributed by atoms with van der Waals surface area (Å²) in [5.41, 5.74) is 6.95. The van der Waals surface area contributed by atoms with Crippen LogP contribution in [0.5, 0.6) is 0 Å². The van der Waals surface area contributed by atoms with E-state index in [0.29, 0.717) is 13.1 Å². The maximum Gasteiger partial charge on any atom is 0.236 e. The SMILES string of the molecule is CN1CCCN(C(CN)c2cccnc2)CC1=O. The van der Waals surface area contributed by atoms with E-state index in [2.05, 4.69) is 9.88 Å². The molecule has 1 aromatic rings. The van der Waals surface area contributed by atoms with E-state index in [0.717, 1.165) is 25.1 Å². The summed E-state index contributed by atoms with van der Waals surface area (Å²) in [7, 11) is 1.85. The van der Waals surface area contributed by atoms with Crippen molar-refractivity contribution in [2.24, 2.45) is 5.73 Å². The molecule has 1 unspecified atom stereocenters. The molecule has 1 aromatic heterocycles. The van der Waals surface area contributed by atoms with Crippen molar-refractivity contribution in [3.05, 3.63) is 30.1 Å². The molecular formula is C13H20N4O. The van der Waals surface area contributed by atoms with Crippen LogP contribution >= 0.6 is 0 Å². The van der Waals surface area contributed by atoms with E-state index in [9.17, 15) is 4.79 Å². The molecule has 0 saturated carbocycles. The van der Waals surface area contributed by atoms with Crippen LogP contribution in [-0.4, -0.2) is 53.9 Å². The molecule has 0 aromatic carbocycles. The Morgan fingerprint density at radius 1 is 1.50 bits per heavy atom. The van der Waals surface area contributed by atoms with Crippen molar-refractivity contribution in [3.8, 4) is 0 Å². The highest BCUT2D eigenvalue weighted by atomic mass is 16.2. The molecule has 1 amide bonds. The Balaban J connectivity index is 2.15. The van der Waals surface area contributed by atoms with Crippen molar-refractivity contribution < 1.29 is 4.79 Å². The van der Waals surface area contributed by atoms with Gasteiger partial charge in [-0.05, 0) is 18.1 Å². The van der Waals surface area contributed by atoms with Gasteiger partial charge in [-0.15, -0.1) is 0 Å². The number of carbonyl (C=O) groups is 1. The van der Waals surface area contributed by atoms with Gasteiger partial charge in [-0.1, -0.05) is 6.07 Å². The molecule has 0 aliphatic carbocycles. The maximum atomic E-state index is 11.9. The lowest BCUT2D eigenvalue weighted by Gasteiger charge is -2.28. The summed E-state index contributed by atoms with van der Waals surface area (Å²) in [6, 6.07) is 4.00. The molecule has 2 heterocycles. The van der Waals surface area contributed by atoms with Gasteiger partial charge in [0.25, 0.3) is 0 Å². The molecule has 0 radical (unpaired) electrons. The number of carbonyl (C=O) groups excluding carboxylic acids is 1. The average molecular weight is 248 g/mol. The van der Waals surface area contributed by atoms with Gasteiger partial charge in [-0.2, -0.15) is 0 Å². The topological polar surface area (TPSA) is 62.5 Å². The summed E-state index contributed by atoms with van der Waals surface area (Å²) < 4.78 is 0. The first-order valence-corrected chi connectivity index (χ1v) is 6.30. The van der Waals surface area contributed by atoms with Gasteiger partial charge in [0, 0.05) is 45.1 Å². The number of aromatic nitrogens is 1. The van der Waals surface area contributed by atoms with Crippen LogP contribution in [0.15, 0.2) is 24.5 Å². The number of nitrogens with two attached hydrogens (primary N) is 1. The molecule has 1 fully saturated rings. The van der Waals surface area contributed by atoms with Crippen LogP contribution in [0.3, 0.4) is 0 Å². The van der Waals surface area contributed by atoms with Crippen LogP contribution in [-0.2, 0) is 4.79 Å². The van der Waals surface area contributed by atoms with E-state index in [1.165, 1.54) is 0 Å². The zero-order valence-corrected chi connectivity index (χ0v) is 10.7. The van der Waals surface area contributed by atoms with E-state index in [1.807, 2.05) is 25.4 Å². The Labute approximate surface area is 108 Å². The van der Waals surface area contributed by atoms with Crippen molar-refractivity contribution in [2.45, 2.75) is 12.5 Å². The predicted octanol–water partition coefficient (Wildman–Crippen LogP) is 0.246. The van der Waals surface area contributed by atoms with E-state index < -0.39 is 0 Å². The Morgan fingerprint density at radius 2 is 2.33 bits per heavy atom. The fourth-order valence-corrected chi connectivity index (χ4v) is 2.34. The van der Waals surface area contributed by atoms with Crippen LogP contribution in [0.2, 0.25) is 0 Å². The molecular weight excluding hydrogens is 228 g/mol. The molecule has 0 bridgehead atoms. The number of pyridine rings is 1. The lowest BCUT2D eigenvalue weighted by Crippen LogP contribution is -2.39. The summed E-state index contributed by atoms with van der Waals surface area (Å²) in [6.45, 7) is 2.66. The van der Waals surface area contributed by atoms with Gasteiger partial charge >= 0.3 is 0 Å². The summed E-state index contributed by atoms with van der Waals surface area (Å²) in [5.74, 6) is 0.162. The van der Waals surface area contributed by atoms with E-state index in [4.69, 9.17) is 5.73 Å². The number of hydrogen-bond donors (Lipinski definition) is 1. The second kappa shape index (κ2) is 5.93. The molecule has 98 valence electrons. The van der Waals surface area contributed by atoms with Gasteiger partial charge in [0.1, 0.15) is 0 Å². The molecule has 2 rings (SSSR count). The molecule has 1 aliphatic heterocycles. The van der Waals surface area contributed by atoms with Gasteiger partial charge in [-0.25, -0.2) is 0 Å². The van der Waals surface area contributed by atoms with Gasteiger partial charge in [-0.3, -0.25) is 14.7 Å². The third-order valence-corrected chi connectivity index (χ3v) is 3.44. The van der Waals surface area contributed by atoms with Gasteiger partial charge in [0.2, 0.25) is 5.91 Å². The standard InChI is InChI=1S/C13H20N4O/c1-16-6-3-7-17(10-13(16)18)12(8-14)11-4-2-5-15-9-11/h2,4-5,9,12H,3,6-8,10,14H2,1H3. The third kappa shape index (κ3) is 2.86. The Bertz CT molecular complexity index is 395. The number of nitrogens with zero attached hydrogens (tertiary/aromatic N) is 3. The number of amides is 1. The average Bonchev–Trinajstić information content (AvgIpc) is 2.55.